The van der Waals surface area contributed by atoms with Crippen LogP contribution in [0, 0.1) is 4.91 Å². The zero-order chi connectivity index (χ0) is 13.2. The van der Waals surface area contributed by atoms with Crippen LogP contribution in [0.3, 0.4) is 0 Å². The predicted molar refractivity (Wildman–Crippen MR) is 73.6 cm³/mol. The first-order valence-electron chi connectivity index (χ1n) is 5.88. The van der Waals surface area contributed by atoms with Gasteiger partial charge in [0.1, 0.15) is 0 Å². The number of hydrogen-bond donors (Lipinski definition) is 2. The number of carbonyl (C=O) groups is 1. The van der Waals surface area contributed by atoms with E-state index in [9.17, 15) is 9.70 Å². The first-order valence-corrected chi connectivity index (χ1v) is 5.88. The first kappa shape index (κ1) is 11.4. The summed E-state index contributed by atoms with van der Waals surface area (Å²) in [5.74, 6) is -0.762. The molecule has 0 saturated heterocycles. The van der Waals surface area contributed by atoms with Crippen LogP contribution in [0.4, 0.5) is 17.1 Å². The number of nitroso groups, excluding NO2 is 1. The van der Waals surface area contributed by atoms with Gasteiger partial charge in [-0.15, -0.1) is 4.91 Å². The highest BCUT2D eigenvalue weighted by Crippen LogP contribution is 2.32. The molecular formula is C14H11N3O2. The Labute approximate surface area is 109 Å². The second-order valence-electron chi connectivity index (χ2n) is 4.29. The third-order valence-corrected chi connectivity index (χ3v) is 3.11. The molecular weight excluding hydrogens is 242 g/mol. The molecule has 1 aliphatic rings. The number of amides is 1. The summed E-state index contributed by atoms with van der Waals surface area (Å²) in [6.07, 6.45) is 0. The highest BCUT2D eigenvalue weighted by molar-refractivity contribution is 5.97. The van der Waals surface area contributed by atoms with Gasteiger partial charge in [0.05, 0.1) is 11.4 Å². The molecule has 3 rings (SSSR count). The first-order chi connectivity index (χ1) is 9.28. The van der Waals surface area contributed by atoms with E-state index in [-0.39, 0.29) is 5.56 Å². The molecule has 0 spiro atoms. The fourth-order valence-corrected chi connectivity index (χ4v) is 2.12. The van der Waals surface area contributed by atoms with Gasteiger partial charge in [0.25, 0.3) is 0 Å². The minimum atomic E-state index is -0.762. The van der Waals surface area contributed by atoms with Crippen molar-refractivity contribution in [2.75, 3.05) is 10.6 Å². The molecule has 0 saturated carbocycles. The molecule has 0 unspecified atom stereocenters. The maximum atomic E-state index is 11.3. The predicted octanol–water partition coefficient (Wildman–Crippen LogP) is 3.26. The van der Waals surface area contributed by atoms with Crippen LogP contribution in [0.25, 0.3) is 0 Å². The number of para-hydroxylation sites is 1. The Morgan fingerprint density at radius 2 is 1.89 bits per heavy atom. The lowest BCUT2D eigenvalue weighted by Gasteiger charge is -2.09. The van der Waals surface area contributed by atoms with E-state index in [0.29, 0.717) is 6.54 Å². The highest BCUT2D eigenvalue weighted by atomic mass is 16.3. The quantitative estimate of drug-likeness (QED) is 0.765. The highest BCUT2D eigenvalue weighted by Gasteiger charge is 2.14. The molecule has 2 aromatic rings. The lowest BCUT2D eigenvalue weighted by Crippen LogP contribution is -1.99. The number of carbonyl (C=O) groups excluding carboxylic acids is 1. The third-order valence-electron chi connectivity index (χ3n) is 3.11. The van der Waals surface area contributed by atoms with E-state index in [1.54, 1.807) is 18.2 Å². The largest absolute Gasteiger partial charge is 0.379 e. The molecule has 0 radical (unpaired) electrons. The SMILES string of the molecule is O=NC(=O)c1ccc2c(c1)Nc1ccccc1CN2. The molecule has 1 aliphatic heterocycles. The maximum absolute atomic E-state index is 11.3. The summed E-state index contributed by atoms with van der Waals surface area (Å²) in [6, 6.07) is 12.9. The maximum Gasteiger partial charge on any atom is 0.316 e. The van der Waals surface area contributed by atoms with E-state index >= 15 is 0 Å². The third kappa shape index (κ3) is 2.06. The van der Waals surface area contributed by atoms with E-state index in [1.807, 2.05) is 24.3 Å². The van der Waals surface area contributed by atoms with E-state index in [2.05, 4.69) is 15.8 Å². The van der Waals surface area contributed by atoms with Crippen LogP contribution >= 0.6 is 0 Å². The van der Waals surface area contributed by atoms with Gasteiger partial charge in [-0.05, 0) is 29.8 Å². The molecule has 0 aliphatic carbocycles. The molecule has 5 nitrogen and oxygen atoms in total. The zero-order valence-corrected chi connectivity index (χ0v) is 10.0. The van der Waals surface area contributed by atoms with E-state index in [1.165, 1.54) is 0 Å². The number of nitrogens with one attached hydrogen (secondary N) is 2. The Bertz CT molecular complexity index is 667. The standard InChI is InChI=1S/C14H11N3O2/c18-14(17-19)9-5-6-12-13(7-9)16-11-4-2-1-3-10(11)8-15-12/h1-7,15-16H,8H2. The van der Waals surface area contributed by atoms with Crippen LogP contribution in [0.2, 0.25) is 0 Å². The van der Waals surface area contributed by atoms with Gasteiger partial charge in [0.2, 0.25) is 0 Å². The van der Waals surface area contributed by atoms with Crippen LogP contribution in [0.5, 0.6) is 0 Å². The molecule has 0 bridgehead atoms. The number of rotatable bonds is 1. The monoisotopic (exact) mass is 253 g/mol. The van der Waals surface area contributed by atoms with Crippen molar-refractivity contribution in [2.45, 2.75) is 6.54 Å². The number of hydrogen-bond acceptors (Lipinski definition) is 4. The lowest BCUT2D eigenvalue weighted by atomic mass is 10.1. The van der Waals surface area contributed by atoms with E-state index in [0.717, 1.165) is 22.6 Å². The van der Waals surface area contributed by atoms with Gasteiger partial charge in [-0.25, -0.2) is 0 Å². The van der Waals surface area contributed by atoms with Crippen LogP contribution in [0.1, 0.15) is 15.9 Å². The molecule has 5 heteroatoms. The Hall–Kier alpha value is -2.69. The van der Waals surface area contributed by atoms with Crippen molar-refractivity contribution in [3.8, 4) is 0 Å². The van der Waals surface area contributed by atoms with Crippen molar-refractivity contribution in [1.82, 2.24) is 0 Å². The van der Waals surface area contributed by atoms with Crippen molar-refractivity contribution in [3.63, 3.8) is 0 Å². The number of fused-ring (bicyclic) bond motifs is 2. The Kier molecular flexibility index (Phi) is 2.72. The van der Waals surface area contributed by atoms with Crippen molar-refractivity contribution < 1.29 is 4.79 Å². The number of benzene rings is 2. The van der Waals surface area contributed by atoms with Crippen molar-refractivity contribution >= 4 is 23.0 Å². The van der Waals surface area contributed by atoms with Gasteiger partial charge >= 0.3 is 5.91 Å². The van der Waals surface area contributed by atoms with Gasteiger partial charge in [-0.3, -0.25) is 4.79 Å². The van der Waals surface area contributed by atoms with Crippen LogP contribution in [-0.4, -0.2) is 5.91 Å². The van der Waals surface area contributed by atoms with Crippen LogP contribution in [-0.2, 0) is 6.54 Å². The van der Waals surface area contributed by atoms with Gasteiger partial charge in [0.15, 0.2) is 0 Å². The molecule has 19 heavy (non-hydrogen) atoms. The van der Waals surface area contributed by atoms with E-state index < -0.39 is 5.91 Å². The molecule has 0 fully saturated rings. The summed E-state index contributed by atoms with van der Waals surface area (Å²) < 4.78 is 0. The summed E-state index contributed by atoms with van der Waals surface area (Å²) >= 11 is 0. The summed E-state index contributed by atoms with van der Waals surface area (Å²) in [7, 11) is 0. The molecule has 94 valence electrons. The van der Waals surface area contributed by atoms with Gasteiger partial charge in [-0.1, -0.05) is 18.2 Å². The minimum absolute atomic E-state index is 0.280. The fourth-order valence-electron chi connectivity index (χ4n) is 2.12. The topological polar surface area (TPSA) is 70.6 Å². The lowest BCUT2D eigenvalue weighted by molar-refractivity contribution is 0.100. The van der Waals surface area contributed by atoms with Crippen LogP contribution < -0.4 is 10.6 Å². The van der Waals surface area contributed by atoms with Gasteiger partial charge in [-0.2, -0.15) is 0 Å². The Morgan fingerprint density at radius 3 is 2.74 bits per heavy atom. The smallest absolute Gasteiger partial charge is 0.316 e. The second-order valence-corrected chi connectivity index (χ2v) is 4.29. The molecule has 2 N–H and O–H groups in total. The molecule has 0 atom stereocenters. The number of nitrogens with zero attached hydrogens (tertiary/aromatic N) is 1. The average molecular weight is 253 g/mol. The Balaban J connectivity index is 2.05. The zero-order valence-electron chi connectivity index (χ0n) is 10.0. The average Bonchev–Trinajstić information content (AvgIpc) is 2.64. The van der Waals surface area contributed by atoms with E-state index in [4.69, 9.17) is 0 Å². The van der Waals surface area contributed by atoms with Gasteiger partial charge in [0, 0.05) is 23.0 Å². The van der Waals surface area contributed by atoms with Crippen LogP contribution in [0.15, 0.2) is 47.6 Å². The Morgan fingerprint density at radius 1 is 1.05 bits per heavy atom. The van der Waals surface area contributed by atoms with Crippen molar-refractivity contribution in [1.29, 1.82) is 0 Å². The number of anilines is 3. The normalized spacial score (nSPS) is 12.2. The second kappa shape index (κ2) is 4.53. The summed E-state index contributed by atoms with van der Waals surface area (Å²) in [5, 5.41) is 8.99. The van der Waals surface area contributed by atoms with Gasteiger partial charge < -0.3 is 10.6 Å². The molecule has 2 aromatic carbocycles. The molecule has 1 heterocycles. The summed E-state index contributed by atoms with van der Waals surface area (Å²) in [4.78, 5) is 21.6. The fraction of sp³-hybridized carbons (Fsp3) is 0.0714. The van der Waals surface area contributed by atoms with Crippen molar-refractivity contribution in [2.24, 2.45) is 5.18 Å². The summed E-state index contributed by atoms with van der Waals surface area (Å²) in [6.45, 7) is 0.704. The minimum Gasteiger partial charge on any atom is -0.379 e. The summed E-state index contributed by atoms with van der Waals surface area (Å²) in [5.41, 5.74) is 4.05. The molecule has 0 aromatic heterocycles. The van der Waals surface area contributed by atoms with Crippen molar-refractivity contribution in [3.05, 3.63) is 58.5 Å². The molecule has 1 amide bonds.